The fourth-order valence-corrected chi connectivity index (χ4v) is 3.27. The molecule has 156 valence electrons. The minimum Gasteiger partial charge on any atom is -0.368 e. The van der Waals surface area contributed by atoms with Gasteiger partial charge in [0.1, 0.15) is 6.07 Å². The van der Waals surface area contributed by atoms with E-state index in [1.165, 1.54) is 0 Å². The zero-order chi connectivity index (χ0) is 19.7. The molecule has 1 aliphatic heterocycles. The first-order valence-electron chi connectivity index (χ1n) is 9.97. The van der Waals surface area contributed by atoms with Gasteiger partial charge in [-0.1, -0.05) is 12.1 Å². The van der Waals surface area contributed by atoms with Crippen molar-refractivity contribution in [2.24, 2.45) is 4.99 Å². The highest BCUT2D eigenvalue weighted by atomic mass is 127. The highest BCUT2D eigenvalue weighted by Crippen LogP contribution is 2.23. The first kappa shape index (κ1) is 24.5. The van der Waals surface area contributed by atoms with Gasteiger partial charge in [0.25, 0.3) is 0 Å². The van der Waals surface area contributed by atoms with Crippen molar-refractivity contribution < 1.29 is 0 Å². The van der Waals surface area contributed by atoms with Crippen molar-refractivity contribution in [3.8, 4) is 6.07 Å². The number of hydrogen-bond donors (Lipinski definition) is 3. The minimum atomic E-state index is 0. The summed E-state index contributed by atoms with van der Waals surface area (Å²) in [5, 5.41) is 19.8. The van der Waals surface area contributed by atoms with Crippen LogP contribution in [0.5, 0.6) is 0 Å². The Morgan fingerprint density at radius 2 is 2.07 bits per heavy atom. The van der Waals surface area contributed by atoms with Gasteiger partial charge in [-0.05, 0) is 52.7 Å². The first-order chi connectivity index (χ1) is 12.9. The van der Waals surface area contributed by atoms with Gasteiger partial charge < -0.3 is 20.9 Å². The molecule has 1 fully saturated rings. The molecule has 1 atom stereocenters. The Morgan fingerprint density at radius 3 is 2.75 bits per heavy atom. The van der Waals surface area contributed by atoms with E-state index in [0.29, 0.717) is 6.04 Å². The summed E-state index contributed by atoms with van der Waals surface area (Å²) in [4.78, 5) is 7.01. The summed E-state index contributed by atoms with van der Waals surface area (Å²) in [5.41, 5.74) is 1.88. The third kappa shape index (κ3) is 8.23. The number of piperidine rings is 1. The van der Waals surface area contributed by atoms with E-state index < -0.39 is 0 Å². The van der Waals surface area contributed by atoms with Gasteiger partial charge in [0.2, 0.25) is 0 Å². The zero-order valence-electron chi connectivity index (χ0n) is 17.6. The van der Waals surface area contributed by atoms with Crippen LogP contribution in [0.3, 0.4) is 0 Å². The lowest BCUT2D eigenvalue weighted by Crippen LogP contribution is -2.51. The van der Waals surface area contributed by atoms with Crippen LogP contribution in [0.15, 0.2) is 29.3 Å². The summed E-state index contributed by atoms with van der Waals surface area (Å²) in [7, 11) is 0. The molecule has 0 aliphatic carbocycles. The predicted octanol–water partition coefficient (Wildman–Crippen LogP) is 3.09. The maximum Gasteiger partial charge on any atom is 0.191 e. The molecule has 0 aromatic heterocycles. The lowest BCUT2D eigenvalue weighted by molar-refractivity contribution is 0.431. The number of rotatable bonds is 6. The van der Waals surface area contributed by atoms with Crippen LogP contribution in [0.4, 0.5) is 5.69 Å². The van der Waals surface area contributed by atoms with Crippen molar-refractivity contribution >= 4 is 35.6 Å². The molecule has 1 aromatic carbocycles. The van der Waals surface area contributed by atoms with Gasteiger partial charge in [-0.25, -0.2) is 0 Å². The number of anilines is 1. The molecule has 3 N–H and O–H groups in total. The van der Waals surface area contributed by atoms with E-state index >= 15 is 0 Å². The normalized spacial score (nSPS) is 17.5. The van der Waals surface area contributed by atoms with Crippen LogP contribution >= 0.6 is 24.0 Å². The number of nitriles is 1. The largest absolute Gasteiger partial charge is 0.368 e. The molecule has 1 aromatic rings. The fraction of sp³-hybridized carbons (Fsp3) is 0.619. The van der Waals surface area contributed by atoms with E-state index in [-0.39, 0.29) is 29.5 Å². The van der Waals surface area contributed by atoms with Crippen molar-refractivity contribution in [1.29, 1.82) is 5.26 Å². The first-order valence-corrected chi connectivity index (χ1v) is 9.97. The highest BCUT2D eigenvalue weighted by Gasteiger charge is 2.22. The van der Waals surface area contributed by atoms with Gasteiger partial charge in [-0.15, -0.1) is 24.0 Å². The molecule has 1 saturated heterocycles. The van der Waals surface area contributed by atoms with Crippen LogP contribution in [-0.4, -0.2) is 50.3 Å². The Labute approximate surface area is 187 Å². The minimum absolute atomic E-state index is 0. The Balaban J connectivity index is 0.00000392. The summed E-state index contributed by atoms with van der Waals surface area (Å²) in [5.74, 6) is 0.869. The second-order valence-corrected chi connectivity index (χ2v) is 8.00. The molecular formula is C21H35IN6. The zero-order valence-corrected chi connectivity index (χ0v) is 19.9. The second kappa shape index (κ2) is 12.1. The molecular weight excluding hydrogens is 463 g/mol. The lowest BCUT2D eigenvalue weighted by Gasteiger charge is -2.35. The van der Waals surface area contributed by atoms with Crippen LogP contribution < -0.4 is 20.9 Å². The van der Waals surface area contributed by atoms with E-state index in [4.69, 9.17) is 4.99 Å². The third-order valence-corrected chi connectivity index (χ3v) is 4.51. The molecule has 2 rings (SSSR count). The monoisotopic (exact) mass is 498 g/mol. The number of benzene rings is 1. The van der Waals surface area contributed by atoms with Gasteiger partial charge >= 0.3 is 0 Å². The summed E-state index contributed by atoms with van der Waals surface area (Å²) in [6, 6.07) is 10.5. The summed E-state index contributed by atoms with van der Waals surface area (Å²) in [6.45, 7) is 12.9. The van der Waals surface area contributed by atoms with Crippen molar-refractivity contribution in [1.82, 2.24) is 16.0 Å². The number of aliphatic imine (C=N–C) groups is 1. The average Bonchev–Trinajstić information content (AvgIpc) is 2.65. The van der Waals surface area contributed by atoms with E-state index in [1.807, 2.05) is 24.3 Å². The predicted molar refractivity (Wildman–Crippen MR) is 129 cm³/mol. The third-order valence-electron chi connectivity index (χ3n) is 4.51. The van der Waals surface area contributed by atoms with Crippen molar-refractivity contribution in [3.05, 3.63) is 29.8 Å². The molecule has 0 radical (unpaired) electrons. The molecule has 1 aliphatic rings. The average molecular weight is 498 g/mol. The molecule has 0 bridgehead atoms. The van der Waals surface area contributed by atoms with E-state index in [9.17, 15) is 5.26 Å². The molecule has 28 heavy (non-hydrogen) atoms. The van der Waals surface area contributed by atoms with Crippen LogP contribution in [0.25, 0.3) is 0 Å². The molecule has 0 amide bonds. The number of nitrogens with zero attached hydrogens (tertiary/aromatic N) is 3. The fourth-order valence-electron chi connectivity index (χ4n) is 3.27. The van der Waals surface area contributed by atoms with Gasteiger partial charge in [-0.3, -0.25) is 4.99 Å². The van der Waals surface area contributed by atoms with E-state index in [1.54, 1.807) is 0 Å². The van der Waals surface area contributed by atoms with Gasteiger partial charge in [-0.2, -0.15) is 5.26 Å². The van der Waals surface area contributed by atoms with Gasteiger partial charge in [0.05, 0.1) is 17.8 Å². The topological polar surface area (TPSA) is 75.5 Å². The molecule has 0 spiro atoms. The van der Waals surface area contributed by atoms with Crippen molar-refractivity contribution in [2.75, 3.05) is 37.6 Å². The van der Waals surface area contributed by atoms with Gasteiger partial charge in [0, 0.05) is 37.8 Å². The Morgan fingerprint density at radius 1 is 1.32 bits per heavy atom. The quantitative estimate of drug-likeness (QED) is 0.243. The summed E-state index contributed by atoms with van der Waals surface area (Å²) in [6.07, 6.45) is 2.21. The Hall–Kier alpha value is -1.53. The maximum absolute atomic E-state index is 9.38. The summed E-state index contributed by atoms with van der Waals surface area (Å²) >= 11 is 0. The molecule has 0 saturated carbocycles. The van der Waals surface area contributed by atoms with E-state index in [2.05, 4.69) is 54.6 Å². The van der Waals surface area contributed by atoms with Crippen LogP contribution in [0, 0.1) is 11.3 Å². The van der Waals surface area contributed by atoms with E-state index in [0.717, 1.165) is 62.8 Å². The number of hydrogen-bond acceptors (Lipinski definition) is 4. The standard InChI is InChI=1S/C21H34N6.HI/c1-5-23-20(24-12-13-25-21(2,3)4)26-18-10-8-14-27(16-18)19-11-7-6-9-17(19)15-22;/h6-7,9,11,18,25H,5,8,10,12-14,16H2,1-4H3,(H2,23,24,26);1H. The number of guanidine groups is 1. The van der Waals surface area contributed by atoms with Gasteiger partial charge in [0.15, 0.2) is 5.96 Å². The second-order valence-electron chi connectivity index (χ2n) is 8.00. The molecule has 1 unspecified atom stereocenters. The number of para-hydroxylation sites is 1. The smallest absolute Gasteiger partial charge is 0.191 e. The van der Waals surface area contributed by atoms with Crippen LogP contribution in [0.1, 0.15) is 46.1 Å². The molecule has 1 heterocycles. The molecule has 7 heteroatoms. The van der Waals surface area contributed by atoms with Crippen LogP contribution in [0.2, 0.25) is 0 Å². The van der Waals surface area contributed by atoms with Crippen molar-refractivity contribution in [2.45, 2.75) is 52.1 Å². The lowest BCUT2D eigenvalue weighted by atomic mass is 10.0. The summed E-state index contributed by atoms with van der Waals surface area (Å²) < 4.78 is 0. The highest BCUT2D eigenvalue weighted by molar-refractivity contribution is 14.0. The number of halogens is 1. The molecule has 6 nitrogen and oxygen atoms in total. The Kier molecular flexibility index (Phi) is 10.6. The SMILES string of the molecule is CCNC(=NCCNC(C)(C)C)NC1CCCN(c2ccccc2C#N)C1.I. The number of nitrogens with one attached hydrogen (secondary N) is 3. The van der Waals surface area contributed by atoms with Crippen LogP contribution in [-0.2, 0) is 0 Å². The van der Waals surface area contributed by atoms with Crippen molar-refractivity contribution in [3.63, 3.8) is 0 Å². The maximum atomic E-state index is 9.38. The Bertz CT molecular complexity index is 662.